The Morgan fingerprint density at radius 2 is 1.75 bits per heavy atom. The molecular formula is C26H26NO+. The molecule has 5 rings (SSSR count). The number of ether oxygens (including phenoxy) is 1. The van der Waals surface area contributed by atoms with Gasteiger partial charge in [0.2, 0.25) is 5.69 Å². The van der Waals surface area contributed by atoms with Crippen LogP contribution in [0.5, 0.6) is 11.5 Å². The lowest BCUT2D eigenvalue weighted by molar-refractivity contribution is -0.659. The fourth-order valence-electron chi connectivity index (χ4n) is 4.76. The Labute approximate surface area is 166 Å². The maximum Gasteiger partial charge on any atom is 0.228 e. The number of pyridine rings is 1. The molecule has 0 radical (unpaired) electrons. The first-order valence-electron chi connectivity index (χ1n) is 10.1. The molecule has 3 aromatic carbocycles. The second kappa shape index (κ2) is 6.07. The fraction of sp³-hybridized carbons (Fsp3) is 0.269. The van der Waals surface area contributed by atoms with E-state index in [1.54, 1.807) is 0 Å². The highest BCUT2D eigenvalue weighted by atomic mass is 16.5. The lowest BCUT2D eigenvalue weighted by Crippen LogP contribution is -2.32. The zero-order valence-electron chi connectivity index (χ0n) is 17.3. The Hall–Kier alpha value is -2.87. The van der Waals surface area contributed by atoms with Crippen LogP contribution in [0, 0.1) is 19.8 Å². The molecule has 0 amide bonds. The summed E-state index contributed by atoms with van der Waals surface area (Å²) >= 11 is 0. The van der Waals surface area contributed by atoms with E-state index in [1.807, 2.05) is 0 Å². The van der Waals surface area contributed by atoms with Gasteiger partial charge in [0.05, 0.1) is 10.9 Å². The highest BCUT2D eigenvalue weighted by Gasteiger charge is 2.32. The first-order chi connectivity index (χ1) is 13.5. The van der Waals surface area contributed by atoms with E-state index in [0.717, 1.165) is 17.9 Å². The molecule has 0 spiro atoms. The zero-order valence-corrected chi connectivity index (χ0v) is 17.3. The highest BCUT2D eigenvalue weighted by molar-refractivity contribution is 6.06. The average Bonchev–Trinajstić information content (AvgIpc) is 2.66. The van der Waals surface area contributed by atoms with Gasteiger partial charge in [0, 0.05) is 11.6 Å². The van der Waals surface area contributed by atoms with Gasteiger partial charge in [-0.15, -0.1) is 0 Å². The molecule has 0 bridgehead atoms. The van der Waals surface area contributed by atoms with Gasteiger partial charge in [-0.1, -0.05) is 44.2 Å². The van der Waals surface area contributed by atoms with E-state index in [0.29, 0.717) is 5.92 Å². The summed E-state index contributed by atoms with van der Waals surface area (Å²) in [6, 6.07) is 15.4. The van der Waals surface area contributed by atoms with E-state index in [1.165, 1.54) is 49.5 Å². The Morgan fingerprint density at radius 3 is 2.50 bits per heavy atom. The minimum atomic E-state index is 0.558. The number of rotatable bonds is 2. The fourth-order valence-corrected chi connectivity index (χ4v) is 4.76. The molecule has 0 aliphatic carbocycles. The van der Waals surface area contributed by atoms with Crippen LogP contribution in [-0.4, -0.2) is 0 Å². The van der Waals surface area contributed by atoms with Crippen molar-refractivity contribution in [1.82, 2.24) is 0 Å². The molecule has 1 aliphatic rings. The van der Waals surface area contributed by atoms with Crippen LogP contribution in [0.3, 0.4) is 0 Å². The average molecular weight is 369 g/mol. The number of nitrogens with zero attached hydrogens (tertiary/aromatic N) is 1. The van der Waals surface area contributed by atoms with Crippen molar-refractivity contribution in [2.24, 2.45) is 13.0 Å². The van der Waals surface area contributed by atoms with Crippen molar-refractivity contribution in [3.63, 3.8) is 0 Å². The van der Waals surface area contributed by atoms with Gasteiger partial charge in [-0.05, 0) is 59.5 Å². The molecule has 0 saturated heterocycles. The molecular weight excluding hydrogens is 342 g/mol. The lowest BCUT2D eigenvalue weighted by Gasteiger charge is -2.26. The van der Waals surface area contributed by atoms with Crippen LogP contribution in [-0.2, 0) is 13.5 Å². The Kier molecular flexibility index (Phi) is 3.74. The van der Waals surface area contributed by atoms with Crippen molar-refractivity contribution in [1.29, 1.82) is 0 Å². The van der Waals surface area contributed by atoms with Crippen LogP contribution in [0.15, 0.2) is 48.7 Å². The van der Waals surface area contributed by atoms with E-state index in [4.69, 9.17) is 4.74 Å². The van der Waals surface area contributed by atoms with Crippen molar-refractivity contribution in [3.8, 4) is 22.8 Å². The van der Waals surface area contributed by atoms with Crippen LogP contribution in [0.2, 0.25) is 0 Å². The topological polar surface area (TPSA) is 13.1 Å². The Balaban J connectivity index is 1.99. The van der Waals surface area contributed by atoms with Gasteiger partial charge in [0.15, 0.2) is 6.20 Å². The number of aromatic nitrogens is 1. The summed E-state index contributed by atoms with van der Waals surface area (Å²) in [5.74, 6) is 2.58. The summed E-state index contributed by atoms with van der Waals surface area (Å²) in [6.45, 7) is 8.94. The van der Waals surface area contributed by atoms with Crippen molar-refractivity contribution in [2.75, 3.05) is 0 Å². The van der Waals surface area contributed by atoms with Crippen LogP contribution in [0.25, 0.3) is 32.8 Å². The quantitative estimate of drug-likeness (QED) is 0.328. The summed E-state index contributed by atoms with van der Waals surface area (Å²) in [4.78, 5) is 0. The molecule has 0 saturated carbocycles. The smallest absolute Gasteiger partial charge is 0.228 e. The van der Waals surface area contributed by atoms with Crippen molar-refractivity contribution in [2.45, 2.75) is 34.1 Å². The summed E-state index contributed by atoms with van der Waals surface area (Å²) < 4.78 is 8.95. The van der Waals surface area contributed by atoms with Crippen LogP contribution in [0.4, 0.5) is 0 Å². The molecule has 0 atom stereocenters. The highest BCUT2D eigenvalue weighted by Crippen LogP contribution is 2.51. The lowest BCUT2D eigenvalue weighted by atomic mass is 9.86. The molecule has 0 fully saturated rings. The molecule has 28 heavy (non-hydrogen) atoms. The van der Waals surface area contributed by atoms with Gasteiger partial charge in [-0.3, -0.25) is 0 Å². The minimum absolute atomic E-state index is 0.558. The van der Waals surface area contributed by atoms with Gasteiger partial charge in [0.1, 0.15) is 18.5 Å². The van der Waals surface area contributed by atoms with Crippen molar-refractivity contribution >= 4 is 21.5 Å². The molecule has 4 aromatic rings. The molecule has 140 valence electrons. The normalized spacial score (nSPS) is 12.5. The van der Waals surface area contributed by atoms with E-state index in [-0.39, 0.29) is 0 Å². The number of aryl methyl sites for hydroxylation is 3. The molecule has 0 unspecified atom stereocenters. The molecule has 0 N–H and O–H groups in total. The van der Waals surface area contributed by atoms with E-state index >= 15 is 0 Å². The first kappa shape index (κ1) is 17.2. The van der Waals surface area contributed by atoms with Gasteiger partial charge >= 0.3 is 0 Å². The summed E-state index contributed by atoms with van der Waals surface area (Å²) in [5.41, 5.74) is 6.37. The van der Waals surface area contributed by atoms with E-state index < -0.39 is 0 Å². The number of fused-ring (bicyclic) bond motifs is 3. The Morgan fingerprint density at radius 1 is 1.00 bits per heavy atom. The second-order valence-electron chi connectivity index (χ2n) is 8.56. The van der Waals surface area contributed by atoms with Crippen LogP contribution >= 0.6 is 0 Å². The number of hydrogen-bond acceptors (Lipinski definition) is 1. The molecule has 2 heteroatoms. The first-order valence-corrected chi connectivity index (χ1v) is 10.1. The van der Waals surface area contributed by atoms with Crippen molar-refractivity contribution < 1.29 is 9.30 Å². The van der Waals surface area contributed by atoms with Crippen molar-refractivity contribution in [3.05, 3.63) is 65.4 Å². The minimum Gasteiger partial charge on any atom is -0.455 e. The number of benzene rings is 3. The molecule has 2 nitrogen and oxygen atoms in total. The summed E-state index contributed by atoms with van der Waals surface area (Å²) in [5, 5.41) is 5.11. The van der Waals surface area contributed by atoms with E-state index in [9.17, 15) is 0 Å². The largest absolute Gasteiger partial charge is 0.455 e. The number of hydrogen-bond donors (Lipinski definition) is 0. The Bertz CT molecular complexity index is 1270. The van der Waals surface area contributed by atoms with Gasteiger partial charge in [-0.2, -0.15) is 0 Å². The monoisotopic (exact) mass is 368 g/mol. The maximum atomic E-state index is 6.69. The standard InChI is InChI=1S/C26H26NO/c1-15(2)12-21-20-9-7-6-8-19(20)17(4)23-25-24-18(10-11-27(25)5)13-16(3)14-22(24)28-26(21)23/h6-11,13-15H,12H2,1-5H3/q+1. The molecule has 2 heterocycles. The summed E-state index contributed by atoms with van der Waals surface area (Å²) in [6.07, 6.45) is 3.18. The maximum absolute atomic E-state index is 6.69. The predicted molar refractivity (Wildman–Crippen MR) is 116 cm³/mol. The molecule has 1 aliphatic heterocycles. The predicted octanol–water partition coefficient (Wildman–Crippen LogP) is 6.41. The second-order valence-corrected chi connectivity index (χ2v) is 8.56. The third-order valence-electron chi connectivity index (χ3n) is 5.94. The summed E-state index contributed by atoms with van der Waals surface area (Å²) in [7, 11) is 2.14. The van der Waals surface area contributed by atoms with Crippen LogP contribution in [0.1, 0.15) is 30.5 Å². The zero-order chi connectivity index (χ0) is 19.6. The van der Waals surface area contributed by atoms with E-state index in [2.05, 4.69) is 88.0 Å². The van der Waals surface area contributed by atoms with Gasteiger partial charge in [0.25, 0.3) is 0 Å². The third kappa shape index (κ3) is 2.37. The third-order valence-corrected chi connectivity index (χ3v) is 5.94. The SMILES string of the molecule is Cc1cc2c3c([n+](C)ccc3c1)-c1c(c(CC(C)C)c3ccccc3c1C)O2. The van der Waals surface area contributed by atoms with Crippen LogP contribution < -0.4 is 9.30 Å². The van der Waals surface area contributed by atoms with Gasteiger partial charge in [-0.25, -0.2) is 4.57 Å². The molecule has 1 aromatic heterocycles. The van der Waals surface area contributed by atoms with Gasteiger partial charge < -0.3 is 4.74 Å².